The van der Waals surface area contributed by atoms with E-state index in [2.05, 4.69) is 24.5 Å². The van der Waals surface area contributed by atoms with Gasteiger partial charge < -0.3 is 5.32 Å². The van der Waals surface area contributed by atoms with E-state index < -0.39 is 0 Å². The lowest BCUT2D eigenvalue weighted by molar-refractivity contribution is -0.123. The molecule has 0 fully saturated rings. The molecule has 2 unspecified atom stereocenters. The number of carbonyl (C=O) groups is 1. The summed E-state index contributed by atoms with van der Waals surface area (Å²) in [6.45, 7) is 6.16. The standard InChI is InChI=1S/C15H22Cl2N2O/c1-9(2)7-14(15(20)18-4)19-10(3)12-8-11(16)5-6-13(12)17/h5-6,8-10,14,19H,7H2,1-4H3,(H,18,20). The first-order valence-corrected chi connectivity index (χ1v) is 7.53. The van der Waals surface area contributed by atoms with Crippen LogP contribution in [0, 0.1) is 5.92 Å². The maximum absolute atomic E-state index is 11.9. The lowest BCUT2D eigenvalue weighted by Crippen LogP contribution is -2.44. The Labute approximate surface area is 131 Å². The summed E-state index contributed by atoms with van der Waals surface area (Å²) in [5.41, 5.74) is 0.900. The quantitative estimate of drug-likeness (QED) is 0.838. The number of likely N-dealkylation sites (N-methyl/N-ethyl adjacent to an activating group) is 1. The van der Waals surface area contributed by atoms with Crippen LogP contribution in [-0.4, -0.2) is 19.0 Å². The largest absolute Gasteiger partial charge is 0.358 e. The average molecular weight is 317 g/mol. The summed E-state index contributed by atoms with van der Waals surface area (Å²) in [7, 11) is 1.65. The second-order valence-corrected chi connectivity index (χ2v) is 6.19. The van der Waals surface area contributed by atoms with Gasteiger partial charge in [-0.05, 0) is 43.0 Å². The van der Waals surface area contributed by atoms with Gasteiger partial charge in [-0.2, -0.15) is 0 Å². The van der Waals surface area contributed by atoms with E-state index in [4.69, 9.17) is 23.2 Å². The molecule has 20 heavy (non-hydrogen) atoms. The fraction of sp³-hybridized carbons (Fsp3) is 0.533. The van der Waals surface area contributed by atoms with Gasteiger partial charge in [-0.15, -0.1) is 0 Å². The van der Waals surface area contributed by atoms with Gasteiger partial charge in [-0.1, -0.05) is 37.0 Å². The highest BCUT2D eigenvalue weighted by Crippen LogP contribution is 2.26. The molecule has 1 aromatic carbocycles. The molecule has 1 aromatic rings. The number of amides is 1. The summed E-state index contributed by atoms with van der Waals surface area (Å²) < 4.78 is 0. The van der Waals surface area contributed by atoms with Crippen LogP contribution in [0.25, 0.3) is 0 Å². The Balaban J connectivity index is 2.86. The van der Waals surface area contributed by atoms with Crippen LogP contribution in [0.15, 0.2) is 18.2 Å². The van der Waals surface area contributed by atoms with Crippen molar-refractivity contribution in [2.45, 2.75) is 39.3 Å². The molecule has 1 amide bonds. The van der Waals surface area contributed by atoms with E-state index >= 15 is 0 Å². The number of benzene rings is 1. The van der Waals surface area contributed by atoms with Crippen molar-refractivity contribution in [2.75, 3.05) is 7.05 Å². The van der Waals surface area contributed by atoms with Crippen molar-refractivity contribution in [3.05, 3.63) is 33.8 Å². The number of carbonyl (C=O) groups excluding carboxylic acids is 1. The van der Waals surface area contributed by atoms with Gasteiger partial charge >= 0.3 is 0 Å². The van der Waals surface area contributed by atoms with Gasteiger partial charge in [0.2, 0.25) is 5.91 Å². The van der Waals surface area contributed by atoms with Gasteiger partial charge in [0.05, 0.1) is 6.04 Å². The van der Waals surface area contributed by atoms with Crippen LogP contribution in [0.2, 0.25) is 10.0 Å². The van der Waals surface area contributed by atoms with Gasteiger partial charge in [-0.3, -0.25) is 10.1 Å². The first-order valence-electron chi connectivity index (χ1n) is 6.77. The van der Waals surface area contributed by atoms with Crippen LogP contribution in [-0.2, 0) is 4.79 Å². The monoisotopic (exact) mass is 316 g/mol. The minimum Gasteiger partial charge on any atom is -0.358 e. The fourth-order valence-corrected chi connectivity index (χ4v) is 2.60. The minimum atomic E-state index is -0.245. The predicted octanol–water partition coefficient (Wildman–Crippen LogP) is 3.80. The Morgan fingerprint density at radius 1 is 1.25 bits per heavy atom. The number of nitrogens with one attached hydrogen (secondary N) is 2. The third-order valence-corrected chi connectivity index (χ3v) is 3.73. The van der Waals surface area contributed by atoms with Crippen LogP contribution in [0.1, 0.15) is 38.8 Å². The summed E-state index contributed by atoms with van der Waals surface area (Å²) in [6.07, 6.45) is 0.766. The predicted molar refractivity (Wildman–Crippen MR) is 85.3 cm³/mol. The second-order valence-electron chi connectivity index (χ2n) is 5.35. The summed E-state index contributed by atoms with van der Waals surface area (Å²) in [6, 6.07) is 5.06. The maximum Gasteiger partial charge on any atom is 0.236 e. The molecule has 2 atom stereocenters. The van der Waals surface area contributed by atoms with Crippen LogP contribution in [0.4, 0.5) is 0 Å². The number of hydrogen-bond acceptors (Lipinski definition) is 2. The van der Waals surface area contributed by atoms with Gasteiger partial charge in [-0.25, -0.2) is 0 Å². The third kappa shape index (κ3) is 4.97. The van der Waals surface area contributed by atoms with Crippen molar-refractivity contribution < 1.29 is 4.79 Å². The van der Waals surface area contributed by atoms with E-state index in [1.54, 1.807) is 19.2 Å². The highest BCUT2D eigenvalue weighted by atomic mass is 35.5. The van der Waals surface area contributed by atoms with Crippen LogP contribution in [0.3, 0.4) is 0 Å². The zero-order chi connectivity index (χ0) is 15.3. The smallest absolute Gasteiger partial charge is 0.236 e. The molecule has 0 bridgehead atoms. The first-order chi connectivity index (χ1) is 9.35. The number of hydrogen-bond donors (Lipinski definition) is 2. The van der Waals surface area contributed by atoms with Gasteiger partial charge in [0.25, 0.3) is 0 Å². The highest BCUT2D eigenvalue weighted by Gasteiger charge is 2.22. The van der Waals surface area contributed by atoms with Gasteiger partial charge in [0.1, 0.15) is 0 Å². The Bertz CT molecular complexity index is 463. The van der Waals surface area contributed by atoms with E-state index in [1.807, 2.05) is 13.0 Å². The van der Waals surface area contributed by atoms with Gasteiger partial charge in [0, 0.05) is 23.1 Å². The normalized spacial score (nSPS) is 14.2. The van der Waals surface area contributed by atoms with Crippen molar-refractivity contribution in [2.24, 2.45) is 5.92 Å². The second kappa shape index (κ2) is 7.87. The minimum absolute atomic E-state index is 0.0105. The van der Waals surface area contributed by atoms with Crippen molar-refractivity contribution in [3.63, 3.8) is 0 Å². The van der Waals surface area contributed by atoms with Crippen molar-refractivity contribution in [1.29, 1.82) is 0 Å². The van der Waals surface area contributed by atoms with E-state index in [-0.39, 0.29) is 18.0 Å². The Hall–Kier alpha value is -0.770. The molecule has 0 aromatic heterocycles. The molecule has 1 rings (SSSR count). The lowest BCUT2D eigenvalue weighted by atomic mass is 10.0. The Morgan fingerprint density at radius 2 is 1.90 bits per heavy atom. The average Bonchev–Trinajstić information content (AvgIpc) is 2.39. The molecule has 0 spiro atoms. The van der Waals surface area contributed by atoms with Crippen LogP contribution < -0.4 is 10.6 Å². The van der Waals surface area contributed by atoms with Gasteiger partial charge in [0.15, 0.2) is 0 Å². The molecular formula is C15H22Cl2N2O. The topological polar surface area (TPSA) is 41.1 Å². The first kappa shape index (κ1) is 17.3. The summed E-state index contributed by atoms with van der Waals surface area (Å²) in [4.78, 5) is 11.9. The molecular weight excluding hydrogens is 295 g/mol. The zero-order valence-corrected chi connectivity index (χ0v) is 13.8. The van der Waals surface area contributed by atoms with Crippen molar-refractivity contribution in [3.8, 4) is 0 Å². The van der Waals surface area contributed by atoms with Crippen molar-refractivity contribution in [1.82, 2.24) is 10.6 Å². The molecule has 0 heterocycles. The molecule has 0 saturated carbocycles. The molecule has 0 aliphatic rings. The maximum atomic E-state index is 11.9. The highest BCUT2D eigenvalue weighted by molar-refractivity contribution is 6.33. The molecule has 0 aliphatic carbocycles. The zero-order valence-electron chi connectivity index (χ0n) is 12.3. The SMILES string of the molecule is CNC(=O)C(CC(C)C)NC(C)c1cc(Cl)ccc1Cl. The van der Waals surface area contributed by atoms with Crippen LogP contribution >= 0.6 is 23.2 Å². The molecule has 0 radical (unpaired) electrons. The molecule has 112 valence electrons. The fourth-order valence-electron chi connectivity index (χ4n) is 2.13. The van der Waals surface area contributed by atoms with E-state index in [0.29, 0.717) is 16.0 Å². The number of rotatable bonds is 6. The molecule has 0 aliphatic heterocycles. The van der Waals surface area contributed by atoms with Crippen molar-refractivity contribution >= 4 is 29.1 Å². The van der Waals surface area contributed by atoms with Crippen LogP contribution in [0.5, 0.6) is 0 Å². The summed E-state index contributed by atoms with van der Waals surface area (Å²) in [5, 5.41) is 7.31. The van der Waals surface area contributed by atoms with E-state index in [0.717, 1.165) is 12.0 Å². The van der Waals surface area contributed by atoms with E-state index in [1.165, 1.54) is 0 Å². The lowest BCUT2D eigenvalue weighted by Gasteiger charge is -2.24. The Morgan fingerprint density at radius 3 is 2.45 bits per heavy atom. The number of halogens is 2. The van der Waals surface area contributed by atoms with E-state index in [9.17, 15) is 4.79 Å². The third-order valence-electron chi connectivity index (χ3n) is 3.15. The molecule has 2 N–H and O–H groups in total. The Kier molecular flexibility index (Phi) is 6.80. The summed E-state index contributed by atoms with van der Waals surface area (Å²) in [5.74, 6) is 0.413. The summed E-state index contributed by atoms with van der Waals surface area (Å²) >= 11 is 12.2. The molecule has 0 saturated heterocycles. The molecule has 5 heteroatoms. The molecule has 3 nitrogen and oxygen atoms in total.